The number of pyridine rings is 1. The fraction of sp³-hybridized carbons (Fsp3) is 0.312. The van der Waals surface area contributed by atoms with Gasteiger partial charge in [0.05, 0.1) is 12.8 Å². The van der Waals surface area contributed by atoms with Crippen LogP contribution in [0, 0.1) is 6.92 Å². The number of hydrogen-bond donors (Lipinski definition) is 1. The summed E-state index contributed by atoms with van der Waals surface area (Å²) in [5.74, 6) is 1.60. The van der Waals surface area contributed by atoms with E-state index in [0.717, 1.165) is 30.2 Å². The highest BCUT2D eigenvalue weighted by Crippen LogP contribution is 2.25. The number of rotatable bonds is 7. The van der Waals surface area contributed by atoms with Gasteiger partial charge in [0, 0.05) is 32.0 Å². The molecule has 0 aliphatic carbocycles. The Balaban J connectivity index is 2.07. The normalized spacial score (nSPS) is 10.5. The van der Waals surface area contributed by atoms with Crippen LogP contribution in [0.25, 0.3) is 0 Å². The third kappa shape index (κ3) is 4.33. The molecule has 1 aromatic heterocycles. The van der Waals surface area contributed by atoms with Crippen LogP contribution in [0.15, 0.2) is 42.7 Å². The van der Waals surface area contributed by atoms with Crippen molar-refractivity contribution >= 4 is 0 Å². The van der Waals surface area contributed by atoms with E-state index in [4.69, 9.17) is 9.47 Å². The number of aryl methyl sites for hydroxylation is 1. The summed E-state index contributed by atoms with van der Waals surface area (Å²) in [4.78, 5) is 4.06. The highest BCUT2D eigenvalue weighted by molar-refractivity contribution is 5.39. The van der Waals surface area contributed by atoms with Crippen LogP contribution in [0.5, 0.6) is 11.5 Å². The quantitative estimate of drug-likeness (QED) is 0.787. The van der Waals surface area contributed by atoms with E-state index in [1.807, 2.05) is 24.3 Å². The van der Waals surface area contributed by atoms with Crippen molar-refractivity contribution in [2.45, 2.75) is 13.5 Å². The Hall–Kier alpha value is -1.91. The molecule has 0 saturated carbocycles. The van der Waals surface area contributed by atoms with E-state index in [2.05, 4.69) is 23.3 Å². The summed E-state index contributed by atoms with van der Waals surface area (Å²) < 4.78 is 10.9. The predicted octanol–water partition coefficient (Wildman–Crippen LogP) is 2.92. The van der Waals surface area contributed by atoms with Gasteiger partial charge in [-0.25, -0.2) is 0 Å². The number of hydrogen-bond acceptors (Lipinski definition) is 4. The van der Waals surface area contributed by atoms with E-state index in [9.17, 15) is 0 Å². The topological polar surface area (TPSA) is 43.4 Å². The maximum atomic E-state index is 5.89. The molecule has 0 radical (unpaired) electrons. The summed E-state index contributed by atoms with van der Waals surface area (Å²) in [5, 5.41) is 3.34. The summed E-state index contributed by atoms with van der Waals surface area (Å²) >= 11 is 0. The van der Waals surface area contributed by atoms with Crippen LogP contribution in [0.1, 0.15) is 11.1 Å². The van der Waals surface area contributed by atoms with Gasteiger partial charge in [0.15, 0.2) is 0 Å². The summed E-state index contributed by atoms with van der Waals surface area (Å²) in [5.41, 5.74) is 2.34. The van der Waals surface area contributed by atoms with Crippen LogP contribution < -0.4 is 10.1 Å². The second-order valence-electron chi connectivity index (χ2n) is 4.57. The molecule has 0 saturated heterocycles. The predicted molar refractivity (Wildman–Crippen MR) is 79.1 cm³/mol. The smallest absolute Gasteiger partial charge is 0.145 e. The van der Waals surface area contributed by atoms with Crippen LogP contribution in [-0.2, 0) is 11.3 Å². The zero-order chi connectivity index (χ0) is 14.2. The number of benzene rings is 1. The lowest BCUT2D eigenvalue weighted by Gasteiger charge is -2.12. The first kappa shape index (κ1) is 14.5. The molecule has 2 aromatic rings. The summed E-state index contributed by atoms with van der Waals surface area (Å²) in [7, 11) is 1.70. The van der Waals surface area contributed by atoms with Crippen molar-refractivity contribution in [3.05, 3.63) is 53.9 Å². The number of ether oxygens (including phenoxy) is 2. The number of aromatic nitrogens is 1. The Morgan fingerprint density at radius 3 is 2.90 bits per heavy atom. The fourth-order valence-electron chi connectivity index (χ4n) is 1.88. The summed E-state index contributed by atoms with van der Waals surface area (Å²) in [6.07, 6.45) is 3.44. The maximum Gasteiger partial charge on any atom is 0.145 e. The molecule has 1 aromatic carbocycles. The molecule has 1 N–H and O–H groups in total. The summed E-state index contributed by atoms with van der Waals surface area (Å²) in [6, 6.07) is 9.93. The van der Waals surface area contributed by atoms with E-state index in [1.54, 1.807) is 19.5 Å². The van der Waals surface area contributed by atoms with Crippen molar-refractivity contribution in [1.29, 1.82) is 0 Å². The molecule has 0 spiro atoms. The van der Waals surface area contributed by atoms with Crippen LogP contribution in [0.4, 0.5) is 0 Å². The minimum absolute atomic E-state index is 0.699. The number of nitrogens with one attached hydrogen (secondary N) is 1. The van der Waals surface area contributed by atoms with E-state index >= 15 is 0 Å². The van der Waals surface area contributed by atoms with Crippen molar-refractivity contribution in [2.75, 3.05) is 20.3 Å². The summed E-state index contributed by atoms with van der Waals surface area (Å²) in [6.45, 7) is 4.34. The van der Waals surface area contributed by atoms with E-state index in [0.29, 0.717) is 6.61 Å². The largest absolute Gasteiger partial charge is 0.455 e. The van der Waals surface area contributed by atoms with Crippen molar-refractivity contribution < 1.29 is 9.47 Å². The molecule has 0 amide bonds. The molecular weight excluding hydrogens is 252 g/mol. The second kappa shape index (κ2) is 7.62. The van der Waals surface area contributed by atoms with Crippen LogP contribution in [0.3, 0.4) is 0 Å². The molecule has 106 valence electrons. The third-order valence-corrected chi connectivity index (χ3v) is 2.88. The third-order valence-electron chi connectivity index (χ3n) is 2.88. The minimum atomic E-state index is 0.699. The molecular formula is C16H20N2O2. The number of methoxy groups -OCH3 is 1. The van der Waals surface area contributed by atoms with Gasteiger partial charge in [-0.3, -0.25) is 4.98 Å². The van der Waals surface area contributed by atoms with Gasteiger partial charge in [0.25, 0.3) is 0 Å². The molecule has 0 fully saturated rings. The van der Waals surface area contributed by atoms with Crippen molar-refractivity contribution in [3.63, 3.8) is 0 Å². The van der Waals surface area contributed by atoms with Crippen molar-refractivity contribution in [2.24, 2.45) is 0 Å². The second-order valence-corrected chi connectivity index (χ2v) is 4.57. The van der Waals surface area contributed by atoms with E-state index in [-0.39, 0.29) is 0 Å². The van der Waals surface area contributed by atoms with Gasteiger partial charge in [-0.2, -0.15) is 0 Å². The average molecular weight is 272 g/mol. The monoisotopic (exact) mass is 272 g/mol. The lowest BCUT2D eigenvalue weighted by Crippen LogP contribution is -2.18. The molecule has 1 heterocycles. The van der Waals surface area contributed by atoms with Gasteiger partial charge in [0.1, 0.15) is 11.5 Å². The van der Waals surface area contributed by atoms with Crippen LogP contribution >= 0.6 is 0 Å². The fourth-order valence-corrected chi connectivity index (χ4v) is 1.88. The maximum absolute atomic E-state index is 5.89. The lowest BCUT2D eigenvalue weighted by atomic mass is 10.1. The van der Waals surface area contributed by atoms with E-state index < -0.39 is 0 Å². The van der Waals surface area contributed by atoms with Gasteiger partial charge in [-0.15, -0.1) is 0 Å². The molecule has 4 heteroatoms. The van der Waals surface area contributed by atoms with Gasteiger partial charge in [-0.05, 0) is 25.1 Å². The molecule has 0 atom stereocenters. The molecule has 4 nitrogen and oxygen atoms in total. The first-order valence-electron chi connectivity index (χ1n) is 6.66. The standard InChI is InChI=1S/C16H20N2O2/c1-13-5-6-16(20-15-4-3-7-17-12-15)14(10-13)11-18-8-9-19-2/h3-7,10,12,18H,8-9,11H2,1-2H3. The lowest BCUT2D eigenvalue weighted by molar-refractivity contribution is 0.199. The van der Waals surface area contributed by atoms with E-state index in [1.165, 1.54) is 5.56 Å². The molecule has 0 aliphatic rings. The Morgan fingerprint density at radius 2 is 2.15 bits per heavy atom. The van der Waals surface area contributed by atoms with Crippen molar-refractivity contribution in [1.82, 2.24) is 10.3 Å². The zero-order valence-corrected chi connectivity index (χ0v) is 11.9. The molecule has 2 rings (SSSR count). The van der Waals surface area contributed by atoms with Gasteiger partial charge < -0.3 is 14.8 Å². The van der Waals surface area contributed by atoms with Crippen LogP contribution in [0.2, 0.25) is 0 Å². The molecule has 0 aliphatic heterocycles. The SMILES string of the molecule is COCCNCc1cc(C)ccc1Oc1cccnc1. The number of nitrogens with zero attached hydrogens (tertiary/aromatic N) is 1. The van der Waals surface area contributed by atoms with Gasteiger partial charge in [0.2, 0.25) is 0 Å². The van der Waals surface area contributed by atoms with Crippen LogP contribution in [-0.4, -0.2) is 25.2 Å². The Morgan fingerprint density at radius 1 is 1.25 bits per heavy atom. The molecule has 20 heavy (non-hydrogen) atoms. The van der Waals surface area contributed by atoms with Gasteiger partial charge in [-0.1, -0.05) is 17.7 Å². The first-order valence-corrected chi connectivity index (χ1v) is 6.66. The highest BCUT2D eigenvalue weighted by Gasteiger charge is 2.05. The van der Waals surface area contributed by atoms with Gasteiger partial charge >= 0.3 is 0 Å². The molecule has 0 unspecified atom stereocenters. The molecule has 0 bridgehead atoms. The Labute approximate surface area is 119 Å². The zero-order valence-electron chi connectivity index (χ0n) is 11.9. The average Bonchev–Trinajstić information content (AvgIpc) is 2.47. The van der Waals surface area contributed by atoms with Crippen molar-refractivity contribution in [3.8, 4) is 11.5 Å². The Kier molecular flexibility index (Phi) is 5.53. The minimum Gasteiger partial charge on any atom is -0.455 e. The Bertz CT molecular complexity index is 529. The highest BCUT2D eigenvalue weighted by atomic mass is 16.5. The first-order chi connectivity index (χ1) is 9.79.